The molecular formula is C43H50N10O7. The Morgan fingerprint density at radius 1 is 0.700 bits per heavy atom. The highest BCUT2D eigenvalue weighted by molar-refractivity contribution is 6.02. The molecule has 8 rings (SSSR count). The summed E-state index contributed by atoms with van der Waals surface area (Å²) >= 11 is 0. The monoisotopic (exact) mass is 818 g/mol. The summed E-state index contributed by atoms with van der Waals surface area (Å²) in [7, 11) is 2.55. The number of nitrogens with zero attached hydrogens (tertiary/aromatic N) is 5. The molecule has 2 aromatic carbocycles. The van der Waals surface area contributed by atoms with Crippen LogP contribution in [0.2, 0.25) is 0 Å². The van der Waals surface area contributed by atoms with Crippen LogP contribution in [0.1, 0.15) is 77.1 Å². The van der Waals surface area contributed by atoms with Crippen molar-refractivity contribution in [1.82, 2.24) is 49.8 Å². The largest absolute Gasteiger partial charge is 0.453 e. The third-order valence-corrected chi connectivity index (χ3v) is 11.8. The van der Waals surface area contributed by atoms with Crippen LogP contribution in [-0.4, -0.2) is 103 Å². The summed E-state index contributed by atoms with van der Waals surface area (Å²) in [5.41, 5.74) is 5.10. The Labute approximate surface area is 345 Å². The highest BCUT2D eigenvalue weighted by Crippen LogP contribution is 2.36. The van der Waals surface area contributed by atoms with Gasteiger partial charge in [-0.1, -0.05) is 45.9 Å². The highest BCUT2D eigenvalue weighted by Gasteiger charge is 2.39. The van der Waals surface area contributed by atoms with Crippen molar-refractivity contribution in [2.45, 2.75) is 77.5 Å². The molecule has 2 fully saturated rings. The number of amides is 4. The number of H-pyrrole nitrogens is 3. The fraction of sp³-hybridized carbons (Fsp3) is 0.419. The van der Waals surface area contributed by atoms with E-state index in [9.17, 15) is 24.0 Å². The lowest BCUT2D eigenvalue weighted by Gasteiger charge is -2.30. The van der Waals surface area contributed by atoms with Gasteiger partial charge in [0.2, 0.25) is 11.8 Å². The van der Waals surface area contributed by atoms with E-state index in [0.29, 0.717) is 30.3 Å². The van der Waals surface area contributed by atoms with Crippen molar-refractivity contribution < 1.29 is 28.7 Å². The molecule has 2 aliphatic rings. The Morgan fingerprint density at radius 3 is 1.73 bits per heavy atom. The second-order valence-corrected chi connectivity index (χ2v) is 16.3. The summed E-state index contributed by atoms with van der Waals surface area (Å²) < 4.78 is 11.2. The third kappa shape index (κ3) is 7.32. The highest BCUT2D eigenvalue weighted by atomic mass is 16.5. The van der Waals surface area contributed by atoms with Crippen LogP contribution < -0.4 is 16.3 Å². The first kappa shape index (κ1) is 40.1. The number of hydrogen-bond donors (Lipinski definition) is 5. The maximum absolute atomic E-state index is 13.7. The van der Waals surface area contributed by atoms with Crippen molar-refractivity contribution in [1.29, 1.82) is 0 Å². The number of likely N-dealkylation sites (tertiary alicyclic amines) is 2. The van der Waals surface area contributed by atoms with Gasteiger partial charge >= 0.3 is 17.9 Å². The number of fused-ring (bicyclic) bond motifs is 5. The fourth-order valence-corrected chi connectivity index (χ4v) is 8.70. The van der Waals surface area contributed by atoms with Crippen LogP contribution in [-0.2, 0) is 19.1 Å². The van der Waals surface area contributed by atoms with Gasteiger partial charge in [0.25, 0.3) is 0 Å². The molecule has 0 radical (unpaired) electrons. The van der Waals surface area contributed by atoms with Crippen LogP contribution in [0.15, 0.2) is 59.7 Å². The zero-order valence-corrected chi connectivity index (χ0v) is 34.5. The molecule has 0 saturated carbocycles. The molecule has 314 valence electrons. The molecule has 4 amide bonds. The lowest BCUT2D eigenvalue weighted by Crippen LogP contribution is -2.51. The number of carbonyl (C=O) groups excluding carboxylic acids is 4. The third-order valence-electron chi connectivity index (χ3n) is 11.8. The second-order valence-electron chi connectivity index (χ2n) is 16.3. The van der Waals surface area contributed by atoms with Gasteiger partial charge in [-0.25, -0.2) is 24.4 Å². The van der Waals surface area contributed by atoms with E-state index in [4.69, 9.17) is 14.5 Å². The van der Waals surface area contributed by atoms with Gasteiger partial charge in [0, 0.05) is 35.0 Å². The minimum Gasteiger partial charge on any atom is -0.453 e. The van der Waals surface area contributed by atoms with Crippen LogP contribution in [0, 0.1) is 11.8 Å². The number of benzene rings is 2. The summed E-state index contributed by atoms with van der Waals surface area (Å²) in [5.74, 6) is 0.691. The minimum absolute atomic E-state index is 0.137. The van der Waals surface area contributed by atoms with Crippen LogP contribution in [0.4, 0.5) is 9.59 Å². The second kappa shape index (κ2) is 16.2. The smallest absolute Gasteiger partial charge is 0.407 e. The molecule has 0 bridgehead atoms. The standard InChI is InChI=1S/C43H50N10O7/c1-22(2)35(49-42(57)59-5)39(54)51-15-7-9-32(51)37-44-20-29(46-37)24-12-14-31-26(17-24)19-34-27-13-11-25(18-28(27)48-41(56)53(31)34)30-21-45-38(47-30)33-10-8-16-52(33)40(55)36(23(3)4)50-43(58)60-6/h11-14,17-23,32-33,35-36H,7-10,15-16H2,1-6H3,(H,44,46)(H,45,47)(H,48,56)(H,49,57)(H,50,58)/t32-,33-,35?,36?/m0/s1. The number of aromatic nitrogens is 6. The van der Waals surface area contributed by atoms with E-state index in [0.717, 1.165) is 70.0 Å². The summed E-state index contributed by atoms with van der Waals surface area (Å²) in [4.78, 5) is 87.8. The Morgan fingerprint density at radius 2 is 1.22 bits per heavy atom. The van der Waals surface area contributed by atoms with Crippen LogP contribution in [0.3, 0.4) is 0 Å². The number of carbonyl (C=O) groups is 4. The van der Waals surface area contributed by atoms with Gasteiger partial charge in [-0.15, -0.1) is 0 Å². The van der Waals surface area contributed by atoms with Gasteiger partial charge in [-0.05, 0) is 61.8 Å². The predicted octanol–water partition coefficient (Wildman–Crippen LogP) is 5.80. The summed E-state index contributed by atoms with van der Waals surface area (Å²) in [6.07, 6.45) is 5.28. The predicted molar refractivity (Wildman–Crippen MR) is 224 cm³/mol. The first-order valence-electron chi connectivity index (χ1n) is 20.4. The minimum atomic E-state index is -0.730. The van der Waals surface area contributed by atoms with Gasteiger partial charge in [0.1, 0.15) is 23.7 Å². The van der Waals surface area contributed by atoms with Crippen molar-refractivity contribution in [3.05, 3.63) is 77.0 Å². The van der Waals surface area contributed by atoms with E-state index < -0.39 is 24.3 Å². The number of rotatable bonds is 10. The summed E-state index contributed by atoms with van der Waals surface area (Å²) in [6.45, 7) is 8.64. The molecule has 17 nitrogen and oxygen atoms in total. The van der Waals surface area contributed by atoms with Crippen molar-refractivity contribution in [2.24, 2.45) is 11.8 Å². The molecule has 0 spiro atoms. The van der Waals surface area contributed by atoms with E-state index in [1.165, 1.54) is 14.2 Å². The lowest BCUT2D eigenvalue weighted by atomic mass is 10.0. The van der Waals surface area contributed by atoms with E-state index in [1.54, 1.807) is 26.6 Å². The Balaban J connectivity index is 1.04. The van der Waals surface area contributed by atoms with Gasteiger partial charge in [0.05, 0.1) is 66.6 Å². The number of ether oxygens (including phenoxy) is 2. The van der Waals surface area contributed by atoms with Crippen LogP contribution in [0.5, 0.6) is 0 Å². The molecule has 6 aromatic rings. The van der Waals surface area contributed by atoms with E-state index in [-0.39, 0.29) is 41.4 Å². The Kier molecular flexibility index (Phi) is 10.8. The van der Waals surface area contributed by atoms with Gasteiger partial charge in [0.15, 0.2) is 0 Å². The fourth-order valence-electron chi connectivity index (χ4n) is 8.70. The Bertz CT molecular complexity index is 2670. The first-order valence-corrected chi connectivity index (χ1v) is 20.4. The van der Waals surface area contributed by atoms with E-state index in [2.05, 4.69) is 30.6 Å². The van der Waals surface area contributed by atoms with Crippen molar-refractivity contribution in [3.63, 3.8) is 0 Å². The quantitative estimate of drug-likeness (QED) is 0.113. The molecule has 2 aliphatic heterocycles. The maximum atomic E-state index is 13.7. The molecule has 0 aliphatic carbocycles. The number of nitrogens with one attached hydrogen (secondary N) is 5. The maximum Gasteiger partial charge on any atom is 0.407 e. The number of alkyl carbamates (subject to hydrolysis) is 2. The molecule has 17 heteroatoms. The van der Waals surface area contributed by atoms with Crippen molar-refractivity contribution in [3.8, 4) is 22.5 Å². The summed E-state index contributed by atoms with van der Waals surface area (Å²) in [6, 6.07) is 11.8. The number of imidazole rings is 2. The molecule has 60 heavy (non-hydrogen) atoms. The van der Waals surface area contributed by atoms with Crippen LogP contribution >= 0.6 is 0 Å². The van der Waals surface area contributed by atoms with Gasteiger partial charge in [-0.3, -0.25) is 14.0 Å². The average molecular weight is 819 g/mol. The van der Waals surface area contributed by atoms with Crippen LogP contribution in [0.25, 0.3) is 49.8 Å². The molecule has 4 aromatic heterocycles. The Hall–Kier alpha value is -6.65. The zero-order valence-electron chi connectivity index (χ0n) is 34.5. The molecule has 2 saturated heterocycles. The van der Waals surface area contributed by atoms with Gasteiger partial charge < -0.3 is 44.9 Å². The van der Waals surface area contributed by atoms with Crippen molar-refractivity contribution >= 4 is 51.3 Å². The van der Waals surface area contributed by atoms with E-state index >= 15 is 0 Å². The number of methoxy groups -OCH3 is 2. The zero-order chi connectivity index (χ0) is 42.4. The number of aromatic amines is 3. The first-order chi connectivity index (χ1) is 28.9. The van der Waals surface area contributed by atoms with Gasteiger partial charge in [-0.2, -0.15) is 0 Å². The number of hydrogen-bond acceptors (Lipinski definition) is 9. The van der Waals surface area contributed by atoms with Crippen molar-refractivity contribution in [2.75, 3.05) is 27.3 Å². The lowest BCUT2D eigenvalue weighted by molar-refractivity contribution is -0.136. The molecule has 6 heterocycles. The average Bonchev–Trinajstić information content (AvgIpc) is 4.09. The summed E-state index contributed by atoms with van der Waals surface area (Å²) in [5, 5.41) is 7.10. The molecule has 5 N–H and O–H groups in total. The normalized spacial score (nSPS) is 17.9. The topological polar surface area (TPSA) is 212 Å². The molecule has 4 atom stereocenters. The SMILES string of the molecule is COC(=O)NC(C(=O)N1CCC[C@H]1c1ncc(-c2ccc3c(c2)cc2c4ccc(-c5cnc([C@@H]6CCCN6C(=O)C(NC(=O)OC)C(C)C)[nH]5)cc4[nH]c(=O)n32)[nH]1)C(C)C. The molecular weight excluding hydrogens is 769 g/mol. The van der Waals surface area contributed by atoms with E-state index in [1.807, 2.05) is 70.2 Å². The molecule has 2 unspecified atom stereocenters.